The van der Waals surface area contributed by atoms with E-state index in [1.165, 1.54) is 0 Å². The minimum absolute atomic E-state index is 0.0893. The third-order valence-corrected chi connectivity index (χ3v) is 3.86. The van der Waals surface area contributed by atoms with E-state index in [9.17, 15) is 4.79 Å². The van der Waals surface area contributed by atoms with Gasteiger partial charge in [-0.3, -0.25) is 4.79 Å². The molecule has 0 saturated carbocycles. The number of methoxy groups -OCH3 is 1. The van der Waals surface area contributed by atoms with Crippen LogP contribution in [0.1, 0.15) is 11.1 Å². The van der Waals surface area contributed by atoms with Gasteiger partial charge in [-0.25, -0.2) is 4.98 Å². The average molecular weight is 347 g/mol. The molecule has 0 aliphatic heterocycles. The van der Waals surface area contributed by atoms with Gasteiger partial charge >= 0.3 is 0 Å². The smallest absolute Gasteiger partial charge is 0.229 e. The van der Waals surface area contributed by atoms with Crippen molar-refractivity contribution < 1.29 is 9.53 Å². The molecule has 5 heteroatoms. The summed E-state index contributed by atoms with van der Waals surface area (Å²) in [5.74, 6) is 1.19. The first-order valence-corrected chi connectivity index (χ1v) is 8.35. The van der Waals surface area contributed by atoms with E-state index in [-0.39, 0.29) is 5.91 Å². The molecule has 1 aromatic heterocycles. The molecule has 0 fully saturated rings. The van der Waals surface area contributed by atoms with Crippen molar-refractivity contribution in [3.8, 4) is 5.75 Å². The number of pyridine rings is 1. The highest BCUT2D eigenvalue weighted by Gasteiger charge is 2.06. The third-order valence-electron chi connectivity index (χ3n) is 3.86. The standard InChI is InChI=1S/C21H21N3O2/c1-15-6-5-7-16(12-15)13-21(25)24-20-11-10-17(14-22-20)23-18-8-3-4-9-19(18)26-2/h3-12,14,23H,13H2,1-2H3,(H,22,24,25). The lowest BCUT2D eigenvalue weighted by atomic mass is 10.1. The van der Waals surface area contributed by atoms with Crippen LogP contribution in [0.4, 0.5) is 17.2 Å². The largest absolute Gasteiger partial charge is 0.495 e. The Morgan fingerprint density at radius 3 is 2.65 bits per heavy atom. The number of aromatic nitrogens is 1. The third kappa shape index (κ3) is 4.60. The average Bonchev–Trinajstić information content (AvgIpc) is 2.64. The van der Waals surface area contributed by atoms with Crippen molar-refractivity contribution in [1.82, 2.24) is 4.98 Å². The van der Waals surface area contributed by atoms with Crippen LogP contribution in [0, 0.1) is 6.92 Å². The molecule has 0 unspecified atom stereocenters. The summed E-state index contributed by atoms with van der Waals surface area (Å²) < 4.78 is 5.32. The maximum atomic E-state index is 12.2. The van der Waals surface area contributed by atoms with Crippen molar-refractivity contribution in [2.24, 2.45) is 0 Å². The number of nitrogens with one attached hydrogen (secondary N) is 2. The zero-order valence-electron chi connectivity index (χ0n) is 14.8. The van der Waals surface area contributed by atoms with Gasteiger partial charge in [-0.1, -0.05) is 42.0 Å². The zero-order valence-corrected chi connectivity index (χ0v) is 14.8. The van der Waals surface area contributed by atoms with E-state index in [0.717, 1.165) is 28.3 Å². The number of anilines is 3. The Bertz CT molecular complexity index is 892. The Balaban J connectivity index is 1.61. The predicted molar refractivity (Wildman–Crippen MR) is 104 cm³/mol. The fourth-order valence-electron chi connectivity index (χ4n) is 2.64. The Hall–Kier alpha value is -3.34. The van der Waals surface area contributed by atoms with Crippen LogP contribution in [-0.4, -0.2) is 18.0 Å². The number of benzene rings is 2. The first kappa shape index (κ1) is 17.5. The summed E-state index contributed by atoms with van der Waals surface area (Å²) in [5.41, 5.74) is 3.79. The molecular weight excluding hydrogens is 326 g/mol. The van der Waals surface area contributed by atoms with E-state index in [1.54, 1.807) is 19.4 Å². The number of carbonyl (C=O) groups is 1. The van der Waals surface area contributed by atoms with Crippen LogP contribution in [-0.2, 0) is 11.2 Å². The van der Waals surface area contributed by atoms with Crippen LogP contribution < -0.4 is 15.4 Å². The van der Waals surface area contributed by atoms with Gasteiger partial charge in [0, 0.05) is 0 Å². The second kappa shape index (κ2) is 8.16. The SMILES string of the molecule is COc1ccccc1Nc1ccc(NC(=O)Cc2cccc(C)c2)nc1. The van der Waals surface area contributed by atoms with Crippen LogP contribution in [0.3, 0.4) is 0 Å². The first-order valence-electron chi connectivity index (χ1n) is 8.35. The van der Waals surface area contributed by atoms with Gasteiger partial charge in [-0.15, -0.1) is 0 Å². The Labute approximate surface area is 153 Å². The van der Waals surface area contributed by atoms with E-state index in [4.69, 9.17) is 4.74 Å². The summed E-state index contributed by atoms with van der Waals surface area (Å²) in [6.45, 7) is 2.01. The summed E-state index contributed by atoms with van der Waals surface area (Å²) >= 11 is 0. The summed E-state index contributed by atoms with van der Waals surface area (Å²) in [6, 6.07) is 19.2. The molecule has 0 saturated heterocycles. The van der Waals surface area contributed by atoms with E-state index < -0.39 is 0 Å². The molecule has 0 aliphatic carbocycles. The highest BCUT2D eigenvalue weighted by molar-refractivity contribution is 5.91. The monoisotopic (exact) mass is 347 g/mol. The van der Waals surface area contributed by atoms with Gasteiger partial charge in [0.1, 0.15) is 11.6 Å². The van der Waals surface area contributed by atoms with Crippen molar-refractivity contribution in [2.45, 2.75) is 13.3 Å². The minimum atomic E-state index is -0.0893. The minimum Gasteiger partial charge on any atom is -0.495 e. The van der Waals surface area contributed by atoms with Gasteiger partial charge in [0.2, 0.25) is 5.91 Å². The van der Waals surface area contributed by atoms with Gasteiger partial charge < -0.3 is 15.4 Å². The molecule has 1 amide bonds. The summed E-state index contributed by atoms with van der Waals surface area (Å²) in [6.07, 6.45) is 2.00. The molecule has 3 rings (SSSR count). The molecule has 0 radical (unpaired) electrons. The topological polar surface area (TPSA) is 63.2 Å². The summed E-state index contributed by atoms with van der Waals surface area (Å²) in [4.78, 5) is 16.5. The van der Waals surface area contributed by atoms with Gasteiger partial charge in [-0.2, -0.15) is 0 Å². The molecule has 0 spiro atoms. The van der Waals surface area contributed by atoms with Crippen LogP contribution in [0.15, 0.2) is 66.9 Å². The molecular formula is C21H21N3O2. The molecule has 2 aromatic carbocycles. The number of nitrogens with zero attached hydrogens (tertiary/aromatic N) is 1. The van der Waals surface area contributed by atoms with Crippen molar-refractivity contribution in [1.29, 1.82) is 0 Å². The van der Waals surface area contributed by atoms with Crippen LogP contribution in [0.5, 0.6) is 5.75 Å². The van der Waals surface area contributed by atoms with Gasteiger partial charge in [-0.05, 0) is 36.8 Å². The molecule has 1 heterocycles. The lowest BCUT2D eigenvalue weighted by molar-refractivity contribution is -0.115. The van der Waals surface area contributed by atoms with Crippen LogP contribution >= 0.6 is 0 Å². The molecule has 5 nitrogen and oxygen atoms in total. The Morgan fingerprint density at radius 1 is 1.08 bits per heavy atom. The van der Waals surface area contributed by atoms with Gasteiger partial charge in [0.25, 0.3) is 0 Å². The lowest BCUT2D eigenvalue weighted by Crippen LogP contribution is -2.15. The maximum absolute atomic E-state index is 12.2. The number of para-hydroxylation sites is 2. The number of aryl methyl sites for hydroxylation is 1. The molecule has 2 N–H and O–H groups in total. The highest BCUT2D eigenvalue weighted by Crippen LogP contribution is 2.26. The van der Waals surface area contributed by atoms with E-state index >= 15 is 0 Å². The lowest BCUT2D eigenvalue weighted by Gasteiger charge is -2.11. The number of ether oxygens (including phenoxy) is 1. The molecule has 0 bridgehead atoms. The highest BCUT2D eigenvalue weighted by atomic mass is 16.5. The quantitative estimate of drug-likeness (QED) is 0.697. The van der Waals surface area contributed by atoms with Crippen LogP contribution in [0.2, 0.25) is 0 Å². The molecule has 0 atom stereocenters. The van der Waals surface area contributed by atoms with Gasteiger partial charge in [0.05, 0.1) is 31.1 Å². The van der Waals surface area contributed by atoms with Crippen molar-refractivity contribution in [3.63, 3.8) is 0 Å². The second-order valence-corrected chi connectivity index (χ2v) is 5.97. The fourth-order valence-corrected chi connectivity index (χ4v) is 2.64. The second-order valence-electron chi connectivity index (χ2n) is 5.97. The van der Waals surface area contributed by atoms with Crippen molar-refractivity contribution in [3.05, 3.63) is 78.0 Å². The molecule has 0 aliphatic rings. The van der Waals surface area contributed by atoms with Crippen molar-refractivity contribution in [2.75, 3.05) is 17.7 Å². The molecule has 3 aromatic rings. The number of amides is 1. The Kier molecular flexibility index (Phi) is 5.49. The number of rotatable bonds is 6. The maximum Gasteiger partial charge on any atom is 0.229 e. The summed E-state index contributed by atoms with van der Waals surface area (Å²) in [5, 5.41) is 6.07. The van der Waals surface area contributed by atoms with E-state index in [0.29, 0.717) is 12.2 Å². The first-order chi connectivity index (χ1) is 12.6. The number of carbonyl (C=O) groups excluding carboxylic acids is 1. The Morgan fingerprint density at radius 2 is 1.92 bits per heavy atom. The fraction of sp³-hybridized carbons (Fsp3) is 0.143. The summed E-state index contributed by atoms with van der Waals surface area (Å²) in [7, 11) is 1.63. The zero-order chi connectivity index (χ0) is 18.4. The van der Waals surface area contributed by atoms with E-state index in [2.05, 4.69) is 15.6 Å². The van der Waals surface area contributed by atoms with Crippen LogP contribution in [0.25, 0.3) is 0 Å². The number of hydrogen-bond donors (Lipinski definition) is 2. The molecule has 26 heavy (non-hydrogen) atoms. The molecule has 132 valence electrons. The van der Waals surface area contributed by atoms with E-state index in [1.807, 2.05) is 61.5 Å². The van der Waals surface area contributed by atoms with Crippen molar-refractivity contribution >= 4 is 23.1 Å². The predicted octanol–water partition coefficient (Wildman–Crippen LogP) is 4.32. The normalized spacial score (nSPS) is 10.2. The number of hydrogen-bond acceptors (Lipinski definition) is 4. The van der Waals surface area contributed by atoms with Gasteiger partial charge in [0.15, 0.2) is 0 Å².